The zero-order chi connectivity index (χ0) is 15.6. The summed E-state index contributed by atoms with van der Waals surface area (Å²) in [6.45, 7) is 1.77. The molecule has 2 N–H and O–H groups in total. The van der Waals surface area contributed by atoms with E-state index in [2.05, 4.69) is 5.32 Å². The molecule has 0 spiro atoms. The number of anilines is 1. The molecule has 2 rings (SSSR count). The number of nitrogens with one attached hydrogen (secondary N) is 1. The molecule has 21 heavy (non-hydrogen) atoms. The fourth-order valence-corrected chi connectivity index (χ4v) is 1.83. The highest BCUT2D eigenvalue weighted by molar-refractivity contribution is 6.08. The third-order valence-corrected chi connectivity index (χ3v) is 2.85. The first-order valence-corrected chi connectivity index (χ1v) is 6.04. The molecule has 1 aromatic carbocycles. The van der Waals surface area contributed by atoms with Gasteiger partial charge in [-0.3, -0.25) is 4.79 Å². The van der Waals surface area contributed by atoms with Crippen LogP contribution in [0.5, 0.6) is 0 Å². The van der Waals surface area contributed by atoms with Gasteiger partial charge in [-0.1, -0.05) is 6.92 Å². The van der Waals surface area contributed by atoms with Crippen LogP contribution < -0.4 is 5.32 Å². The van der Waals surface area contributed by atoms with Crippen molar-refractivity contribution in [3.05, 3.63) is 53.0 Å². The molecule has 0 radical (unpaired) electrons. The standard InChI is InChI=1S/C14H11F2NO4/c1-2-12-7(3-4-21-12)13(18)17-11-6-10(16)9(15)5-8(11)14(19)20/h3-6H,2H2,1H3,(H,17,18)(H,19,20). The molecule has 0 aliphatic rings. The van der Waals surface area contributed by atoms with Gasteiger partial charge in [0.15, 0.2) is 11.6 Å². The number of halogens is 2. The number of carbonyl (C=O) groups is 2. The highest BCUT2D eigenvalue weighted by Crippen LogP contribution is 2.22. The van der Waals surface area contributed by atoms with E-state index in [9.17, 15) is 18.4 Å². The highest BCUT2D eigenvalue weighted by atomic mass is 19.2. The zero-order valence-corrected chi connectivity index (χ0v) is 10.9. The van der Waals surface area contributed by atoms with Crippen LogP contribution in [0, 0.1) is 11.6 Å². The molecule has 0 atom stereocenters. The molecule has 0 aliphatic heterocycles. The Morgan fingerprint density at radius 1 is 1.24 bits per heavy atom. The number of rotatable bonds is 4. The molecule has 5 nitrogen and oxygen atoms in total. The maximum atomic E-state index is 13.2. The van der Waals surface area contributed by atoms with Crippen molar-refractivity contribution < 1.29 is 27.9 Å². The molecule has 0 bridgehead atoms. The van der Waals surface area contributed by atoms with E-state index in [1.165, 1.54) is 12.3 Å². The number of benzene rings is 1. The number of carboxylic acid groups (broad SMARTS) is 1. The van der Waals surface area contributed by atoms with Crippen LogP contribution in [0.3, 0.4) is 0 Å². The van der Waals surface area contributed by atoms with Gasteiger partial charge in [0.25, 0.3) is 5.91 Å². The van der Waals surface area contributed by atoms with E-state index in [-0.39, 0.29) is 11.3 Å². The average molecular weight is 295 g/mol. The minimum absolute atomic E-state index is 0.207. The lowest BCUT2D eigenvalue weighted by molar-refractivity contribution is 0.0697. The summed E-state index contributed by atoms with van der Waals surface area (Å²) in [7, 11) is 0. The Morgan fingerprint density at radius 2 is 1.90 bits per heavy atom. The number of aromatic carboxylic acids is 1. The van der Waals surface area contributed by atoms with E-state index in [4.69, 9.17) is 9.52 Å². The van der Waals surface area contributed by atoms with Gasteiger partial charge in [-0.05, 0) is 12.1 Å². The summed E-state index contributed by atoms with van der Waals surface area (Å²) >= 11 is 0. The Morgan fingerprint density at radius 3 is 2.52 bits per heavy atom. The summed E-state index contributed by atoms with van der Waals surface area (Å²) in [5.41, 5.74) is -0.656. The van der Waals surface area contributed by atoms with Crippen LogP contribution in [0.4, 0.5) is 14.5 Å². The van der Waals surface area contributed by atoms with Crippen LogP contribution in [0.2, 0.25) is 0 Å². The maximum absolute atomic E-state index is 13.2. The largest absolute Gasteiger partial charge is 0.478 e. The molecular weight excluding hydrogens is 284 g/mol. The monoisotopic (exact) mass is 295 g/mol. The molecule has 1 aromatic heterocycles. The SMILES string of the molecule is CCc1occc1C(=O)Nc1cc(F)c(F)cc1C(=O)O. The number of amides is 1. The summed E-state index contributed by atoms with van der Waals surface area (Å²) in [6, 6.07) is 2.56. The van der Waals surface area contributed by atoms with Crippen molar-refractivity contribution in [2.24, 2.45) is 0 Å². The molecular formula is C14H11F2NO4. The predicted octanol–water partition coefficient (Wildman–Crippen LogP) is 3.07. The fourth-order valence-electron chi connectivity index (χ4n) is 1.83. The topological polar surface area (TPSA) is 79.5 Å². The van der Waals surface area contributed by atoms with Gasteiger partial charge >= 0.3 is 5.97 Å². The molecule has 1 amide bonds. The normalized spacial score (nSPS) is 10.4. The second-order valence-electron chi connectivity index (χ2n) is 4.18. The maximum Gasteiger partial charge on any atom is 0.337 e. The van der Waals surface area contributed by atoms with Crippen molar-refractivity contribution in [1.29, 1.82) is 0 Å². The van der Waals surface area contributed by atoms with Gasteiger partial charge in [-0.15, -0.1) is 0 Å². The molecule has 110 valence electrons. The lowest BCUT2D eigenvalue weighted by Crippen LogP contribution is -2.16. The van der Waals surface area contributed by atoms with Crippen LogP contribution in [-0.2, 0) is 6.42 Å². The number of aryl methyl sites for hydroxylation is 1. The minimum Gasteiger partial charge on any atom is -0.478 e. The van der Waals surface area contributed by atoms with Gasteiger partial charge in [0.1, 0.15) is 5.76 Å². The Hall–Kier alpha value is -2.70. The second-order valence-corrected chi connectivity index (χ2v) is 4.18. The summed E-state index contributed by atoms with van der Waals surface area (Å²) < 4.78 is 31.4. The minimum atomic E-state index is -1.48. The molecule has 0 aliphatic carbocycles. The Kier molecular flexibility index (Phi) is 4.02. The number of hydrogen-bond donors (Lipinski definition) is 2. The van der Waals surface area contributed by atoms with Gasteiger partial charge in [-0.2, -0.15) is 0 Å². The summed E-state index contributed by atoms with van der Waals surface area (Å²) in [5, 5.41) is 11.2. The Labute approximate surface area is 118 Å². The highest BCUT2D eigenvalue weighted by Gasteiger charge is 2.19. The van der Waals surface area contributed by atoms with Crippen molar-refractivity contribution in [3.8, 4) is 0 Å². The lowest BCUT2D eigenvalue weighted by Gasteiger charge is -2.09. The first-order valence-electron chi connectivity index (χ1n) is 6.04. The zero-order valence-electron chi connectivity index (χ0n) is 10.9. The summed E-state index contributed by atoms with van der Waals surface area (Å²) in [6.07, 6.45) is 1.77. The predicted molar refractivity (Wildman–Crippen MR) is 69.4 cm³/mol. The van der Waals surface area contributed by atoms with Gasteiger partial charge < -0.3 is 14.8 Å². The molecule has 0 saturated heterocycles. The Balaban J connectivity index is 2.37. The fraction of sp³-hybridized carbons (Fsp3) is 0.143. The van der Waals surface area contributed by atoms with E-state index in [1.54, 1.807) is 6.92 Å². The molecule has 2 aromatic rings. The number of carboxylic acids is 1. The summed E-state index contributed by atoms with van der Waals surface area (Å²) in [4.78, 5) is 23.1. The van der Waals surface area contributed by atoms with E-state index >= 15 is 0 Å². The molecule has 0 saturated carbocycles. The van der Waals surface area contributed by atoms with E-state index in [1.807, 2.05) is 0 Å². The van der Waals surface area contributed by atoms with Gasteiger partial charge in [0.2, 0.25) is 0 Å². The summed E-state index contributed by atoms with van der Waals surface area (Å²) in [5.74, 6) is -4.28. The number of hydrogen-bond acceptors (Lipinski definition) is 3. The van der Waals surface area contributed by atoms with Gasteiger partial charge in [-0.25, -0.2) is 13.6 Å². The third-order valence-electron chi connectivity index (χ3n) is 2.85. The van der Waals surface area contributed by atoms with Crippen LogP contribution >= 0.6 is 0 Å². The molecule has 0 unspecified atom stereocenters. The smallest absolute Gasteiger partial charge is 0.337 e. The number of furan rings is 1. The second kappa shape index (κ2) is 5.74. The molecule has 7 heteroatoms. The van der Waals surface area contributed by atoms with Crippen LogP contribution in [0.15, 0.2) is 28.9 Å². The van der Waals surface area contributed by atoms with Crippen molar-refractivity contribution in [2.45, 2.75) is 13.3 Å². The quantitative estimate of drug-likeness (QED) is 0.908. The van der Waals surface area contributed by atoms with Crippen LogP contribution in [-0.4, -0.2) is 17.0 Å². The van der Waals surface area contributed by atoms with Crippen molar-refractivity contribution in [1.82, 2.24) is 0 Å². The first kappa shape index (κ1) is 14.7. The van der Waals surface area contributed by atoms with E-state index < -0.39 is 29.1 Å². The van der Waals surface area contributed by atoms with E-state index in [0.717, 1.165) is 0 Å². The van der Waals surface area contributed by atoms with E-state index in [0.29, 0.717) is 24.3 Å². The van der Waals surface area contributed by atoms with Crippen LogP contribution in [0.25, 0.3) is 0 Å². The van der Waals surface area contributed by atoms with Crippen molar-refractivity contribution >= 4 is 17.6 Å². The first-order chi connectivity index (χ1) is 9.93. The Bertz CT molecular complexity index is 709. The lowest BCUT2D eigenvalue weighted by atomic mass is 10.1. The third kappa shape index (κ3) is 2.91. The van der Waals surface area contributed by atoms with Crippen LogP contribution in [0.1, 0.15) is 33.4 Å². The number of carbonyl (C=O) groups excluding carboxylic acids is 1. The van der Waals surface area contributed by atoms with Gasteiger partial charge in [0.05, 0.1) is 23.1 Å². The molecule has 1 heterocycles. The van der Waals surface area contributed by atoms with Crippen molar-refractivity contribution in [3.63, 3.8) is 0 Å². The van der Waals surface area contributed by atoms with Crippen molar-refractivity contribution in [2.75, 3.05) is 5.32 Å². The van der Waals surface area contributed by atoms with Gasteiger partial charge in [0, 0.05) is 12.5 Å². The average Bonchev–Trinajstić information content (AvgIpc) is 2.90. The molecule has 0 fully saturated rings.